The highest BCUT2D eigenvalue weighted by atomic mass is 32.2. The summed E-state index contributed by atoms with van der Waals surface area (Å²) in [6.45, 7) is 3.22. The molecule has 5 nitrogen and oxygen atoms in total. The van der Waals surface area contributed by atoms with Crippen molar-refractivity contribution in [2.24, 2.45) is 5.92 Å². The van der Waals surface area contributed by atoms with Crippen LogP contribution < -0.4 is 4.72 Å². The van der Waals surface area contributed by atoms with Crippen molar-refractivity contribution in [1.29, 1.82) is 5.26 Å². The Bertz CT molecular complexity index is 328. The molecule has 1 unspecified atom stereocenters. The molecule has 6 heteroatoms. The summed E-state index contributed by atoms with van der Waals surface area (Å²) in [6, 6.07) is 1.52. The number of nitrogens with one attached hydrogen (secondary N) is 1. The topological polar surface area (TPSA) is 79.2 Å². The van der Waals surface area contributed by atoms with Crippen LogP contribution in [0.25, 0.3) is 0 Å². The molecule has 15 heavy (non-hydrogen) atoms. The average Bonchev–Trinajstić information content (AvgIpc) is 2.18. The maximum absolute atomic E-state index is 11.3. The number of ether oxygens (including phenoxy) is 1. The molecule has 86 valence electrons. The summed E-state index contributed by atoms with van der Waals surface area (Å²) >= 11 is 0. The molecule has 1 aliphatic rings. The third kappa shape index (κ3) is 4.16. The van der Waals surface area contributed by atoms with E-state index < -0.39 is 15.8 Å². The second kappa shape index (κ2) is 5.45. The van der Waals surface area contributed by atoms with E-state index >= 15 is 0 Å². The zero-order valence-corrected chi connectivity index (χ0v) is 9.59. The molecule has 0 amide bonds. The highest BCUT2D eigenvalue weighted by Crippen LogP contribution is 2.18. The van der Waals surface area contributed by atoms with E-state index in [0.29, 0.717) is 19.1 Å². The summed E-state index contributed by atoms with van der Waals surface area (Å²) in [5.41, 5.74) is 0. The smallest absolute Gasteiger partial charge is 0.225 e. The van der Waals surface area contributed by atoms with Gasteiger partial charge in [0.05, 0.1) is 6.07 Å². The van der Waals surface area contributed by atoms with Crippen molar-refractivity contribution in [2.75, 3.05) is 19.0 Å². The highest BCUT2D eigenvalue weighted by Gasteiger charge is 2.24. The van der Waals surface area contributed by atoms with Crippen molar-refractivity contribution in [3.05, 3.63) is 0 Å². The van der Waals surface area contributed by atoms with Gasteiger partial charge in [0, 0.05) is 19.3 Å². The van der Waals surface area contributed by atoms with Gasteiger partial charge in [-0.25, -0.2) is 13.1 Å². The van der Waals surface area contributed by atoms with Crippen molar-refractivity contribution in [3.8, 4) is 6.07 Å². The van der Waals surface area contributed by atoms with Crippen molar-refractivity contribution < 1.29 is 13.2 Å². The molecule has 0 bridgehead atoms. The summed E-state index contributed by atoms with van der Waals surface area (Å²) in [6.07, 6.45) is 1.74. The van der Waals surface area contributed by atoms with Gasteiger partial charge in [-0.2, -0.15) is 5.26 Å². The molecule has 1 fully saturated rings. The monoisotopic (exact) mass is 232 g/mol. The van der Waals surface area contributed by atoms with Crippen LogP contribution in [0.1, 0.15) is 19.8 Å². The Hall–Kier alpha value is -0.640. The van der Waals surface area contributed by atoms with Gasteiger partial charge in [-0.15, -0.1) is 0 Å². The van der Waals surface area contributed by atoms with E-state index in [9.17, 15) is 8.42 Å². The fourth-order valence-electron chi connectivity index (χ4n) is 1.72. The summed E-state index contributed by atoms with van der Waals surface area (Å²) in [5.74, 6) is -0.159. The van der Waals surface area contributed by atoms with Crippen LogP contribution in [0.3, 0.4) is 0 Å². The standard InChI is InChI=1S/C9H16N2O3S/c1-8(9-2-5-14-6-3-9)11-15(12,13)7-4-10/h8-9,11H,2-3,5-7H2,1H3. The molecule has 1 N–H and O–H groups in total. The molecular formula is C9H16N2O3S. The van der Waals surface area contributed by atoms with Gasteiger partial charge < -0.3 is 4.74 Å². The number of nitriles is 1. The summed E-state index contributed by atoms with van der Waals surface area (Å²) < 4.78 is 30.4. The van der Waals surface area contributed by atoms with E-state index in [1.165, 1.54) is 0 Å². The van der Waals surface area contributed by atoms with Gasteiger partial charge in [-0.3, -0.25) is 0 Å². The molecule has 0 saturated carbocycles. The molecule has 0 radical (unpaired) electrons. The van der Waals surface area contributed by atoms with Crippen molar-refractivity contribution in [2.45, 2.75) is 25.8 Å². The molecule has 1 heterocycles. The first-order valence-corrected chi connectivity index (χ1v) is 6.65. The summed E-state index contributed by atoms with van der Waals surface area (Å²) in [5, 5.41) is 8.34. The Kier molecular flexibility index (Phi) is 4.51. The largest absolute Gasteiger partial charge is 0.381 e. The first-order valence-electron chi connectivity index (χ1n) is 5.00. The Morgan fingerprint density at radius 3 is 2.67 bits per heavy atom. The summed E-state index contributed by atoms with van der Waals surface area (Å²) in [4.78, 5) is 0. The molecule has 1 aliphatic heterocycles. The second-order valence-corrected chi connectivity index (χ2v) is 5.53. The van der Waals surface area contributed by atoms with Crippen LogP contribution in [0.5, 0.6) is 0 Å². The molecule has 1 atom stereocenters. The molecule has 0 spiro atoms. The van der Waals surface area contributed by atoms with Crippen molar-refractivity contribution >= 4 is 10.0 Å². The first kappa shape index (κ1) is 12.4. The van der Waals surface area contributed by atoms with Crippen LogP contribution >= 0.6 is 0 Å². The molecule has 0 aromatic carbocycles. The lowest BCUT2D eigenvalue weighted by atomic mass is 9.94. The van der Waals surface area contributed by atoms with E-state index in [1.807, 2.05) is 6.92 Å². The normalized spacial score (nSPS) is 20.8. The van der Waals surface area contributed by atoms with Gasteiger partial charge in [0.2, 0.25) is 10.0 Å². The maximum Gasteiger partial charge on any atom is 0.225 e. The van der Waals surface area contributed by atoms with Gasteiger partial charge in [0.15, 0.2) is 5.75 Å². The van der Waals surface area contributed by atoms with Gasteiger partial charge in [-0.1, -0.05) is 0 Å². The minimum atomic E-state index is -3.43. The van der Waals surface area contributed by atoms with Crippen LogP contribution in [0.4, 0.5) is 0 Å². The number of hydrogen-bond donors (Lipinski definition) is 1. The number of sulfonamides is 1. The zero-order chi connectivity index (χ0) is 11.3. The molecule has 1 rings (SSSR count). The SMILES string of the molecule is CC(NS(=O)(=O)CC#N)C1CCOCC1. The predicted octanol–water partition coefficient (Wildman–Crippen LogP) is 0.244. The Balaban J connectivity index is 2.47. The Morgan fingerprint density at radius 2 is 2.13 bits per heavy atom. The van der Waals surface area contributed by atoms with E-state index in [4.69, 9.17) is 10.00 Å². The molecule has 0 aliphatic carbocycles. The van der Waals surface area contributed by atoms with Crippen LogP contribution in [0.15, 0.2) is 0 Å². The van der Waals surface area contributed by atoms with Gasteiger partial charge >= 0.3 is 0 Å². The van der Waals surface area contributed by atoms with Gasteiger partial charge in [-0.05, 0) is 25.7 Å². The second-order valence-electron chi connectivity index (χ2n) is 3.77. The lowest BCUT2D eigenvalue weighted by molar-refractivity contribution is 0.0586. The van der Waals surface area contributed by atoms with Gasteiger partial charge in [0.25, 0.3) is 0 Å². The molecule has 0 aromatic heterocycles. The molecular weight excluding hydrogens is 216 g/mol. The van der Waals surface area contributed by atoms with Crippen LogP contribution in [0, 0.1) is 17.2 Å². The average molecular weight is 232 g/mol. The summed E-state index contributed by atoms with van der Waals surface area (Å²) in [7, 11) is -3.43. The van der Waals surface area contributed by atoms with Crippen LogP contribution in [-0.4, -0.2) is 33.4 Å². The molecule has 1 saturated heterocycles. The third-order valence-corrected chi connectivity index (χ3v) is 3.83. The zero-order valence-electron chi connectivity index (χ0n) is 8.77. The maximum atomic E-state index is 11.3. The first-order chi connectivity index (χ1) is 7.05. The highest BCUT2D eigenvalue weighted by molar-refractivity contribution is 7.89. The van der Waals surface area contributed by atoms with Gasteiger partial charge in [0.1, 0.15) is 0 Å². The number of nitrogens with zero attached hydrogens (tertiary/aromatic N) is 1. The fourth-order valence-corrected chi connectivity index (χ4v) is 2.73. The van der Waals surface area contributed by atoms with Crippen LogP contribution in [0.2, 0.25) is 0 Å². The Labute approximate surface area is 90.5 Å². The predicted molar refractivity (Wildman–Crippen MR) is 55.5 cm³/mol. The van der Waals surface area contributed by atoms with Crippen molar-refractivity contribution in [1.82, 2.24) is 4.72 Å². The Morgan fingerprint density at radius 1 is 1.53 bits per heavy atom. The van der Waals surface area contributed by atoms with E-state index in [-0.39, 0.29) is 6.04 Å². The van der Waals surface area contributed by atoms with Crippen molar-refractivity contribution in [3.63, 3.8) is 0 Å². The molecule has 0 aromatic rings. The lowest BCUT2D eigenvalue weighted by Crippen LogP contribution is -2.41. The number of rotatable bonds is 4. The minimum Gasteiger partial charge on any atom is -0.381 e. The number of hydrogen-bond acceptors (Lipinski definition) is 4. The quantitative estimate of drug-likeness (QED) is 0.753. The van der Waals surface area contributed by atoms with Crippen LogP contribution in [-0.2, 0) is 14.8 Å². The third-order valence-electron chi connectivity index (χ3n) is 2.59. The minimum absolute atomic E-state index is 0.118. The van der Waals surface area contributed by atoms with E-state index in [2.05, 4.69) is 4.72 Å². The van der Waals surface area contributed by atoms with E-state index in [1.54, 1.807) is 6.07 Å². The van der Waals surface area contributed by atoms with E-state index in [0.717, 1.165) is 12.8 Å². The lowest BCUT2D eigenvalue weighted by Gasteiger charge is -2.27. The fraction of sp³-hybridized carbons (Fsp3) is 0.889.